The molecule has 0 spiro atoms. The quantitative estimate of drug-likeness (QED) is 0.0941. The third-order valence-electron chi connectivity index (χ3n) is 11.0. The van der Waals surface area contributed by atoms with Gasteiger partial charge in [-0.05, 0) is 134 Å². The maximum atomic E-state index is 9.68. The molecule has 0 atom stereocenters. The van der Waals surface area contributed by atoms with Gasteiger partial charge in [-0.25, -0.2) is 4.40 Å². The molecule has 10 heteroatoms. The van der Waals surface area contributed by atoms with Crippen molar-refractivity contribution in [1.82, 2.24) is 8.75 Å². The summed E-state index contributed by atoms with van der Waals surface area (Å²) >= 11 is 5.72. The van der Waals surface area contributed by atoms with Crippen LogP contribution >= 0.6 is 24.5 Å². The van der Waals surface area contributed by atoms with Crippen LogP contribution in [0, 0.1) is 5.41 Å². The number of nitrogens with one attached hydrogen (secondary N) is 1. The summed E-state index contributed by atoms with van der Waals surface area (Å²) in [6, 6.07) is 74.1. The van der Waals surface area contributed by atoms with E-state index in [1.807, 2.05) is 121 Å². The van der Waals surface area contributed by atoms with Crippen molar-refractivity contribution in [3.05, 3.63) is 242 Å². The van der Waals surface area contributed by atoms with Crippen LogP contribution in [0.25, 0.3) is 11.0 Å². The molecule has 0 radical (unpaired) electrons. The molecule has 1 N–H and O–H groups in total. The molecule has 0 amide bonds. The first-order valence-electron chi connectivity index (χ1n) is 20.8. The van der Waals surface area contributed by atoms with Gasteiger partial charge in [0.05, 0.1) is 34.5 Å². The number of aromatic nitrogens is 2. The smallest absolute Gasteiger partial charge is 0.130 e. The van der Waals surface area contributed by atoms with Crippen LogP contribution in [0.3, 0.4) is 0 Å². The van der Waals surface area contributed by atoms with Gasteiger partial charge in [0.2, 0.25) is 0 Å². The van der Waals surface area contributed by atoms with Gasteiger partial charge < -0.3 is 19.6 Å². The van der Waals surface area contributed by atoms with Crippen LogP contribution in [-0.2, 0) is 0 Å². The standard InChI is InChI=1S/C54H40N8S2/c55-51-47(59(39-19-7-1-8-20-39)40-21-9-2-10-22-40)35-36-48(52(51)56-63)61(43-27-15-5-16-28-43)45-31-33-46(34-32-45)62(44-29-17-6-18-30-44)50-38-37-49(53-54(50)58-64-57-53)60(41-23-11-3-12-24-41)42-25-13-4-14-26-42/h1-38,55,63H/b55-51?,56-52-. The van der Waals surface area contributed by atoms with Crippen molar-refractivity contribution < 1.29 is 0 Å². The zero-order valence-electron chi connectivity index (χ0n) is 34.4. The van der Waals surface area contributed by atoms with Gasteiger partial charge >= 0.3 is 0 Å². The van der Waals surface area contributed by atoms with Crippen molar-refractivity contribution in [2.24, 2.45) is 4.40 Å². The van der Waals surface area contributed by atoms with Gasteiger partial charge in [0.15, 0.2) is 0 Å². The van der Waals surface area contributed by atoms with E-state index in [0.717, 1.165) is 73.6 Å². The van der Waals surface area contributed by atoms with E-state index in [2.05, 4.69) is 146 Å². The molecule has 1 aliphatic carbocycles. The minimum Gasteiger partial charge on any atom is -0.308 e. The maximum Gasteiger partial charge on any atom is 0.130 e. The van der Waals surface area contributed by atoms with Crippen LogP contribution in [0.4, 0.5) is 56.9 Å². The Hall–Kier alpha value is -8.05. The van der Waals surface area contributed by atoms with E-state index in [4.69, 9.17) is 8.75 Å². The number of para-hydroxylation sites is 6. The summed E-state index contributed by atoms with van der Waals surface area (Å²) in [5.41, 5.74) is 13.2. The lowest BCUT2D eigenvalue weighted by atomic mass is 9.98. The zero-order valence-corrected chi connectivity index (χ0v) is 36.1. The second kappa shape index (κ2) is 18.1. The summed E-state index contributed by atoms with van der Waals surface area (Å²) in [6.45, 7) is 0. The average molecular weight is 865 g/mol. The van der Waals surface area contributed by atoms with Crippen molar-refractivity contribution in [2.45, 2.75) is 0 Å². The van der Waals surface area contributed by atoms with E-state index in [1.165, 1.54) is 11.7 Å². The first kappa shape index (κ1) is 40.0. The number of nitrogens with zero attached hydrogens (tertiary/aromatic N) is 7. The molecule has 10 rings (SSSR count). The summed E-state index contributed by atoms with van der Waals surface area (Å²) in [7, 11) is 0. The number of hydrogen-bond donors (Lipinski definition) is 2. The van der Waals surface area contributed by atoms with Gasteiger partial charge in [-0.15, -0.1) is 0 Å². The topological polar surface area (TPSA) is 75.0 Å². The van der Waals surface area contributed by atoms with Crippen LogP contribution < -0.4 is 19.6 Å². The van der Waals surface area contributed by atoms with E-state index in [0.29, 0.717) is 11.4 Å². The molecule has 1 aliphatic rings. The van der Waals surface area contributed by atoms with E-state index in [9.17, 15) is 5.41 Å². The van der Waals surface area contributed by atoms with Crippen molar-refractivity contribution in [3.8, 4) is 0 Å². The molecule has 0 saturated heterocycles. The fourth-order valence-electron chi connectivity index (χ4n) is 8.16. The lowest BCUT2D eigenvalue weighted by molar-refractivity contribution is 1.19. The summed E-state index contributed by atoms with van der Waals surface area (Å²) in [6.07, 6.45) is 4.02. The zero-order chi connectivity index (χ0) is 43.2. The highest BCUT2D eigenvalue weighted by molar-refractivity contribution is 7.79. The Kier molecular flexibility index (Phi) is 11.3. The molecule has 8 nitrogen and oxygen atoms in total. The predicted octanol–water partition coefficient (Wildman–Crippen LogP) is 14.7. The van der Waals surface area contributed by atoms with Gasteiger partial charge in [-0.2, -0.15) is 8.75 Å². The lowest BCUT2D eigenvalue weighted by Gasteiger charge is -2.34. The largest absolute Gasteiger partial charge is 0.308 e. The summed E-state index contributed by atoms with van der Waals surface area (Å²) in [5, 5.41) is 9.68. The molecule has 1 aromatic heterocycles. The van der Waals surface area contributed by atoms with Crippen LogP contribution in [0.5, 0.6) is 0 Å². The molecular weight excluding hydrogens is 825 g/mol. The number of benzene rings is 8. The highest BCUT2D eigenvalue weighted by Gasteiger charge is 2.31. The minimum atomic E-state index is 0.246. The number of anilines is 10. The Morgan fingerprint density at radius 2 is 0.641 bits per heavy atom. The predicted molar refractivity (Wildman–Crippen MR) is 271 cm³/mol. The summed E-state index contributed by atoms with van der Waals surface area (Å²) in [4.78, 5) is 8.67. The summed E-state index contributed by atoms with van der Waals surface area (Å²) in [5.74, 6) is 0. The van der Waals surface area contributed by atoms with Gasteiger partial charge in [0.1, 0.15) is 22.5 Å². The Bertz CT molecular complexity index is 3050. The third-order valence-corrected chi connectivity index (χ3v) is 11.8. The van der Waals surface area contributed by atoms with Crippen molar-refractivity contribution in [2.75, 3.05) is 19.6 Å². The lowest BCUT2D eigenvalue weighted by Crippen LogP contribution is -2.35. The number of allylic oxidation sites excluding steroid dienone is 4. The van der Waals surface area contributed by atoms with E-state index in [1.54, 1.807) is 0 Å². The van der Waals surface area contributed by atoms with E-state index < -0.39 is 0 Å². The maximum absolute atomic E-state index is 9.68. The third kappa shape index (κ3) is 7.72. The van der Waals surface area contributed by atoms with Gasteiger partial charge in [0.25, 0.3) is 0 Å². The Morgan fingerprint density at radius 1 is 0.359 bits per heavy atom. The molecule has 308 valence electrons. The van der Waals surface area contributed by atoms with E-state index >= 15 is 0 Å². The SMILES string of the molecule is N=C1C(N(c2ccccc2)c2ccccc2)=CC=C(N(c2ccccc2)c2ccc(N(c3ccccc3)c3ccc(N(c4ccccc4)c4ccccc4)c4nsnc34)cc2)/C1=N/S. The van der Waals surface area contributed by atoms with Gasteiger partial charge in [-0.3, -0.25) is 5.41 Å². The van der Waals surface area contributed by atoms with Crippen molar-refractivity contribution in [3.63, 3.8) is 0 Å². The fraction of sp³-hybridized carbons (Fsp3) is 0. The normalized spacial score (nSPS) is 13.0. The van der Waals surface area contributed by atoms with Crippen molar-refractivity contribution in [1.29, 1.82) is 5.41 Å². The number of hydrogen-bond acceptors (Lipinski definition) is 10. The second-order valence-corrected chi connectivity index (χ2v) is 15.6. The molecule has 8 aromatic carbocycles. The monoisotopic (exact) mass is 864 g/mol. The first-order chi connectivity index (χ1) is 31.7. The van der Waals surface area contributed by atoms with Crippen LogP contribution in [-0.4, -0.2) is 20.2 Å². The van der Waals surface area contributed by atoms with E-state index in [-0.39, 0.29) is 5.71 Å². The van der Waals surface area contributed by atoms with Crippen molar-refractivity contribution >= 4 is 104 Å². The van der Waals surface area contributed by atoms with Crippen LogP contribution in [0.15, 0.2) is 246 Å². The molecule has 0 unspecified atom stereocenters. The van der Waals surface area contributed by atoms with Crippen LogP contribution in [0.1, 0.15) is 0 Å². The molecule has 0 saturated carbocycles. The van der Waals surface area contributed by atoms with Crippen LogP contribution in [0.2, 0.25) is 0 Å². The first-order valence-corrected chi connectivity index (χ1v) is 21.9. The number of fused-ring (bicyclic) bond motifs is 1. The molecule has 0 fully saturated rings. The molecular formula is C54H40N8S2. The highest BCUT2D eigenvalue weighted by Crippen LogP contribution is 2.45. The number of rotatable bonds is 12. The summed E-state index contributed by atoms with van der Waals surface area (Å²) < 4.78 is 14.4. The minimum absolute atomic E-state index is 0.246. The number of thiol groups is 1. The molecule has 9 aromatic rings. The Morgan fingerprint density at radius 3 is 0.984 bits per heavy atom. The molecule has 1 heterocycles. The molecule has 0 bridgehead atoms. The average Bonchev–Trinajstić information content (AvgIpc) is 3.87. The fourth-order valence-corrected chi connectivity index (χ4v) is 8.93. The Balaban J connectivity index is 1.07. The van der Waals surface area contributed by atoms with Gasteiger partial charge in [0, 0.05) is 45.5 Å². The molecule has 64 heavy (non-hydrogen) atoms. The Labute approximate surface area is 382 Å². The second-order valence-electron chi connectivity index (χ2n) is 14.9. The van der Waals surface area contributed by atoms with Gasteiger partial charge in [-0.1, -0.05) is 109 Å². The highest BCUT2D eigenvalue weighted by atomic mass is 32.1. The molecule has 0 aliphatic heterocycles.